The normalized spacial score (nSPS) is 22.5. The van der Waals surface area contributed by atoms with Crippen LogP contribution < -0.4 is 9.80 Å². The molecule has 0 spiro atoms. The predicted molar refractivity (Wildman–Crippen MR) is 160 cm³/mol. The Hall–Kier alpha value is -3.49. The zero-order chi connectivity index (χ0) is 28.8. The van der Waals surface area contributed by atoms with Crippen molar-refractivity contribution in [2.24, 2.45) is 11.8 Å². The maximum Gasteiger partial charge on any atom is 0.353 e. The van der Waals surface area contributed by atoms with E-state index in [2.05, 4.69) is 14.0 Å². The third kappa shape index (κ3) is 7.05. The summed E-state index contributed by atoms with van der Waals surface area (Å²) in [5.41, 5.74) is 1.97. The summed E-state index contributed by atoms with van der Waals surface area (Å²) in [6, 6.07) is 20.5. The van der Waals surface area contributed by atoms with E-state index >= 15 is 0 Å². The Morgan fingerprint density at radius 3 is 2.12 bits per heavy atom. The first-order valence-electron chi connectivity index (χ1n) is 14.6. The lowest BCUT2D eigenvalue weighted by molar-refractivity contribution is -0.884. The number of ether oxygens (including phenoxy) is 2. The molecule has 1 N–H and O–H groups in total. The van der Waals surface area contributed by atoms with Gasteiger partial charge in [0.25, 0.3) is 0 Å². The van der Waals surface area contributed by atoms with Gasteiger partial charge in [0.15, 0.2) is 0 Å². The first-order valence-corrected chi connectivity index (χ1v) is 15.4. The quantitative estimate of drug-likeness (QED) is 0.294. The highest BCUT2D eigenvalue weighted by atomic mass is 32.1. The molecule has 0 radical (unpaired) electrons. The Bertz CT molecular complexity index is 1330. The number of quaternary nitrogens is 1. The molecule has 2 heterocycles. The van der Waals surface area contributed by atoms with E-state index in [9.17, 15) is 14.4 Å². The smallest absolute Gasteiger partial charge is 0.353 e. The van der Waals surface area contributed by atoms with E-state index in [1.54, 1.807) is 24.3 Å². The Morgan fingerprint density at radius 2 is 1.46 bits per heavy atom. The van der Waals surface area contributed by atoms with Crippen molar-refractivity contribution in [2.75, 3.05) is 31.8 Å². The highest BCUT2D eigenvalue weighted by Gasteiger charge is 2.38. The van der Waals surface area contributed by atoms with Gasteiger partial charge < -0.3 is 19.3 Å². The molecule has 2 fully saturated rings. The molecular weight excluding hydrogens is 536 g/mol. The number of nitrogens with one attached hydrogen (secondary N) is 1. The summed E-state index contributed by atoms with van der Waals surface area (Å²) in [6.07, 6.45) is 5.59. The van der Waals surface area contributed by atoms with Gasteiger partial charge in [0, 0.05) is 29.7 Å². The molecule has 41 heavy (non-hydrogen) atoms. The summed E-state index contributed by atoms with van der Waals surface area (Å²) in [4.78, 5) is 44.9. The molecule has 8 heteroatoms. The number of hydrogen-bond acceptors (Lipinski definition) is 6. The van der Waals surface area contributed by atoms with Gasteiger partial charge in [-0.1, -0.05) is 55.5 Å². The molecule has 1 amide bonds. The minimum atomic E-state index is -0.596. The second-order valence-corrected chi connectivity index (χ2v) is 12.4. The summed E-state index contributed by atoms with van der Waals surface area (Å²) in [5, 5.41) is 0. The van der Waals surface area contributed by atoms with Gasteiger partial charge in [0.2, 0.25) is 12.7 Å². The molecule has 1 saturated carbocycles. The van der Waals surface area contributed by atoms with Crippen molar-refractivity contribution in [1.29, 1.82) is 0 Å². The number of esters is 2. The van der Waals surface area contributed by atoms with Gasteiger partial charge in [0.1, 0.15) is 4.88 Å². The molecule has 1 saturated heterocycles. The van der Waals surface area contributed by atoms with Crippen LogP contribution >= 0.6 is 11.3 Å². The van der Waals surface area contributed by atoms with E-state index in [0.717, 1.165) is 62.1 Å². The highest BCUT2D eigenvalue weighted by Crippen LogP contribution is 2.41. The van der Waals surface area contributed by atoms with Crippen LogP contribution in [0.1, 0.15) is 65.5 Å². The molecular formula is C33H39N2O5S+. The molecule has 0 atom stereocenters. The second-order valence-electron chi connectivity index (χ2n) is 11.4. The maximum atomic E-state index is 14.3. The zero-order valence-electron chi connectivity index (χ0n) is 23.8. The van der Waals surface area contributed by atoms with Crippen LogP contribution in [0.3, 0.4) is 0 Å². The second kappa shape index (κ2) is 13.4. The van der Waals surface area contributed by atoms with Crippen molar-refractivity contribution in [3.63, 3.8) is 0 Å². The SMILES string of the molecule is CC1CCC(C(=O)N(c2cc(-c3ccccc3)sc2C(=O)OCOC(=O)c2ccccc2)C2CC[NH+](C)CC2)CC1. The van der Waals surface area contributed by atoms with Gasteiger partial charge in [-0.2, -0.15) is 0 Å². The fourth-order valence-electron chi connectivity index (χ4n) is 5.86. The number of thiophene rings is 1. The molecule has 1 aliphatic heterocycles. The van der Waals surface area contributed by atoms with Crippen molar-refractivity contribution >= 4 is 34.9 Å². The summed E-state index contributed by atoms with van der Waals surface area (Å²) in [7, 11) is 2.18. The molecule has 0 unspecified atom stereocenters. The summed E-state index contributed by atoms with van der Waals surface area (Å²) < 4.78 is 10.7. The minimum absolute atomic E-state index is 0.0197. The van der Waals surface area contributed by atoms with Crippen LogP contribution in [0, 0.1) is 11.8 Å². The lowest BCUT2D eigenvalue weighted by atomic mass is 9.82. The Balaban J connectivity index is 1.44. The average Bonchev–Trinajstić information content (AvgIpc) is 3.44. The van der Waals surface area contributed by atoms with E-state index in [1.165, 1.54) is 16.2 Å². The zero-order valence-corrected chi connectivity index (χ0v) is 24.7. The van der Waals surface area contributed by atoms with Crippen molar-refractivity contribution in [3.8, 4) is 10.4 Å². The van der Waals surface area contributed by atoms with Crippen LogP contribution in [0.25, 0.3) is 10.4 Å². The number of nitrogens with zero attached hydrogens (tertiary/aromatic N) is 1. The first kappa shape index (κ1) is 29.0. The van der Waals surface area contributed by atoms with Crippen LogP contribution in [-0.4, -0.2) is 50.8 Å². The number of likely N-dealkylation sites (tertiary alicyclic amines) is 1. The lowest BCUT2D eigenvalue weighted by Gasteiger charge is -2.38. The number of benzene rings is 2. The van der Waals surface area contributed by atoms with Crippen LogP contribution in [0.15, 0.2) is 66.7 Å². The molecule has 216 valence electrons. The molecule has 0 bridgehead atoms. The number of amides is 1. The average molecular weight is 576 g/mol. The van der Waals surface area contributed by atoms with Crippen molar-refractivity contribution in [1.82, 2.24) is 0 Å². The van der Waals surface area contributed by atoms with Crippen molar-refractivity contribution < 1.29 is 28.8 Å². The van der Waals surface area contributed by atoms with Gasteiger partial charge in [0.05, 0.1) is 31.4 Å². The van der Waals surface area contributed by atoms with E-state index in [1.807, 2.05) is 47.4 Å². The fraction of sp³-hybridized carbons (Fsp3) is 0.424. The van der Waals surface area contributed by atoms with E-state index < -0.39 is 18.7 Å². The number of rotatable bonds is 8. The minimum Gasteiger partial charge on any atom is -0.424 e. The molecule has 2 aliphatic rings. The van der Waals surface area contributed by atoms with Gasteiger partial charge in [-0.25, -0.2) is 9.59 Å². The topological polar surface area (TPSA) is 77.3 Å². The number of piperidine rings is 1. The van der Waals surface area contributed by atoms with Crippen LogP contribution in [-0.2, 0) is 14.3 Å². The number of carbonyl (C=O) groups is 3. The molecule has 1 aliphatic carbocycles. The van der Waals surface area contributed by atoms with Crippen molar-refractivity contribution in [2.45, 2.75) is 51.5 Å². The molecule has 5 rings (SSSR count). The molecule has 3 aromatic rings. The van der Waals surface area contributed by atoms with Gasteiger partial charge in [-0.05, 0) is 55.4 Å². The van der Waals surface area contributed by atoms with Crippen LogP contribution in [0.4, 0.5) is 5.69 Å². The standard InChI is InChI=1S/C33H38N2O5S/c1-23-13-15-25(16-14-23)31(36)35(27-17-19-34(2)20-18-27)28-21-29(24-9-5-3-6-10-24)41-30(28)33(38)40-22-39-32(37)26-11-7-4-8-12-26/h3-12,21,23,25,27H,13-20,22H2,1-2H3/p+1. The number of carbonyl (C=O) groups excluding carboxylic acids is 3. The number of anilines is 1. The first-order chi connectivity index (χ1) is 19.9. The largest absolute Gasteiger partial charge is 0.424 e. The van der Waals surface area contributed by atoms with Crippen LogP contribution in [0.5, 0.6) is 0 Å². The van der Waals surface area contributed by atoms with Crippen molar-refractivity contribution in [3.05, 3.63) is 77.2 Å². The maximum absolute atomic E-state index is 14.3. The Labute approximate surface area is 246 Å². The monoisotopic (exact) mass is 575 g/mol. The third-order valence-electron chi connectivity index (χ3n) is 8.38. The van der Waals surface area contributed by atoms with Gasteiger partial charge in [-0.15, -0.1) is 11.3 Å². The van der Waals surface area contributed by atoms with Crippen LogP contribution in [0.2, 0.25) is 0 Å². The summed E-state index contributed by atoms with van der Waals surface area (Å²) in [5.74, 6) is -0.458. The third-order valence-corrected chi connectivity index (χ3v) is 9.53. The molecule has 1 aromatic heterocycles. The molecule has 7 nitrogen and oxygen atoms in total. The summed E-state index contributed by atoms with van der Waals surface area (Å²) in [6.45, 7) is 3.70. The van der Waals surface area contributed by atoms with Gasteiger partial charge in [-0.3, -0.25) is 4.79 Å². The Kier molecular flexibility index (Phi) is 9.52. The van der Waals surface area contributed by atoms with E-state index in [4.69, 9.17) is 9.47 Å². The lowest BCUT2D eigenvalue weighted by Crippen LogP contribution is -3.10. The van der Waals surface area contributed by atoms with E-state index in [-0.39, 0.29) is 17.9 Å². The Morgan fingerprint density at radius 1 is 0.854 bits per heavy atom. The van der Waals surface area contributed by atoms with Gasteiger partial charge >= 0.3 is 11.9 Å². The van der Waals surface area contributed by atoms with E-state index in [0.29, 0.717) is 22.0 Å². The number of hydrogen-bond donors (Lipinski definition) is 1. The highest BCUT2D eigenvalue weighted by molar-refractivity contribution is 7.18. The molecule has 2 aromatic carbocycles. The fourth-order valence-corrected chi connectivity index (χ4v) is 6.91. The summed E-state index contributed by atoms with van der Waals surface area (Å²) >= 11 is 1.32. The predicted octanol–water partition coefficient (Wildman–Crippen LogP) is 5.22.